The van der Waals surface area contributed by atoms with Crippen molar-refractivity contribution in [2.75, 3.05) is 39.5 Å². The Balaban J connectivity index is 1.40. The Morgan fingerprint density at radius 2 is 1.55 bits per heavy atom. The Hall–Kier alpha value is -3.95. The maximum atomic E-state index is 14.2. The number of amides is 2. The molecule has 2 heterocycles. The van der Waals surface area contributed by atoms with Crippen LogP contribution in [0.1, 0.15) is 119 Å². The molecule has 2 aliphatic heterocycles. The van der Waals surface area contributed by atoms with Crippen molar-refractivity contribution in [3.8, 4) is 0 Å². The fourth-order valence-corrected chi connectivity index (χ4v) is 7.51. The summed E-state index contributed by atoms with van der Waals surface area (Å²) in [7, 11) is 0. The van der Waals surface area contributed by atoms with Gasteiger partial charge >= 0.3 is 30.1 Å². The van der Waals surface area contributed by atoms with Crippen LogP contribution in [-0.4, -0.2) is 121 Å². The highest BCUT2D eigenvalue weighted by molar-refractivity contribution is 5.82. The Labute approximate surface area is 344 Å². The summed E-state index contributed by atoms with van der Waals surface area (Å²) in [5, 5.41) is 2.46. The van der Waals surface area contributed by atoms with Crippen molar-refractivity contribution < 1.29 is 57.1 Å². The Bertz CT molecular complexity index is 1500. The maximum Gasteiger partial charge on any atom is 0.412 e. The first kappa shape index (κ1) is 46.7. The quantitative estimate of drug-likeness (QED) is 0.146. The highest BCUT2D eigenvalue weighted by Gasteiger charge is 2.55. The largest absolute Gasteiger partial charge is 0.463 e. The fourth-order valence-electron chi connectivity index (χ4n) is 7.51. The summed E-state index contributed by atoms with van der Waals surface area (Å²) in [6.07, 6.45) is 3.56. The van der Waals surface area contributed by atoms with Crippen LogP contribution in [0, 0.1) is 5.92 Å². The summed E-state index contributed by atoms with van der Waals surface area (Å²) in [4.78, 5) is 70.3. The van der Waals surface area contributed by atoms with E-state index in [-0.39, 0.29) is 13.0 Å². The van der Waals surface area contributed by atoms with E-state index in [4.69, 9.17) is 33.2 Å². The SMILES string of the molecule is CC(C)(C)OC(=O)[C@H](COC(=O)CCCC(CN1CCOCC1)OC(=O)[C@@H]1OC(C)(C)N(C(=O)OC(C)(C)C)[C@H]1CC1CCCCC1)NC(=O)OCc1ccccc1. The van der Waals surface area contributed by atoms with Crippen LogP contribution in [0.15, 0.2) is 30.3 Å². The standard InChI is InChI=1S/C43H67N3O12/c1-41(2,3)57-37(48)33(44-39(50)54-28-31-18-13-10-14-19-31)29-53-35(47)21-15-20-32(27-45-22-24-52-25-23-45)55-38(49)36-34(26-30-16-11-9-12-17-30)46(43(7,8)56-36)40(51)58-42(4,5)6/h10,13-14,18-19,30,32-34,36H,9,11-12,15-17,20-29H2,1-8H3,(H,44,50)/t32?,33-,34-,36+/m0/s1. The number of nitrogens with zero attached hydrogens (tertiary/aromatic N) is 2. The monoisotopic (exact) mass is 817 g/mol. The number of carbonyl (C=O) groups is 5. The van der Waals surface area contributed by atoms with Crippen molar-refractivity contribution in [3.05, 3.63) is 35.9 Å². The van der Waals surface area contributed by atoms with Gasteiger partial charge in [-0.3, -0.25) is 14.6 Å². The van der Waals surface area contributed by atoms with E-state index in [1.165, 1.54) is 6.42 Å². The second kappa shape index (κ2) is 21.3. The molecule has 3 aliphatic rings. The lowest BCUT2D eigenvalue weighted by atomic mass is 9.83. The summed E-state index contributed by atoms with van der Waals surface area (Å²) < 4.78 is 40.2. The normalized spacial score (nSPS) is 21.3. The van der Waals surface area contributed by atoms with E-state index in [1.54, 1.807) is 51.7 Å². The van der Waals surface area contributed by atoms with Gasteiger partial charge in [-0.1, -0.05) is 62.4 Å². The van der Waals surface area contributed by atoms with Crippen LogP contribution in [0.2, 0.25) is 0 Å². The van der Waals surface area contributed by atoms with Gasteiger partial charge in [-0.25, -0.2) is 19.2 Å². The highest BCUT2D eigenvalue weighted by atomic mass is 16.6. The number of nitrogens with one attached hydrogen (secondary N) is 1. The molecule has 326 valence electrons. The molecule has 15 heteroatoms. The second-order valence-corrected chi connectivity index (χ2v) is 18.0. The van der Waals surface area contributed by atoms with Crippen LogP contribution in [0.5, 0.6) is 0 Å². The third-order valence-electron chi connectivity index (χ3n) is 10.2. The molecule has 0 radical (unpaired) electrons. The average Bonchev–Trinajstić information content (AvgIpc) is 3.41. The van der Waals surface area contributed by atoms with Crippen LogP contribution < -0.4 is 5.32 Å². The van der Waals surface area contributed by atoms with Crippen LogP contribution in [-0.2, 0) is 54.1 Å². The number of benzene rings is 1. The third kappa shape index (κ3) is 15.7. The molecule has 4 rings (SSSR count). The summed E-state index contributed by atoms with van der Waals surface area (Å²) in [5.41, 5.74) is -1.96. The lowest BCUT2D eigenvalue weighted by Crippen LogP contribution is -2.51. The van der Waals surface area contributed by atoms with Gasteiger partial charge in [0, 0.05) is 26.1 Å². The minimum atomic E-state index is -1.31. The van der Waals surface area contributed by atoms with Gasteiger partial charge in [0.2, 0.25) is 0 Å². The molecule has 15 nitrogen and oxygen atoms in total. The van der Waals surface area contributed by atoms with Crippen LogP contribution in [0.3, 0.4) is 0 Å². The van der Waals surface area contributed by atoms with Crippen LogP contribution in [0.4, 0.5) is 9.59 Å². The Morgan fingerprint density at radius 1 is 0.897 bits per heavy atom. The average molecular weight is 818 g/mol. The first-order valence-corrected chi connectivity index (χ1v) is 20.9. The molecule has 1 unspecified atom stereocenters. The molecule has 1 aliphatic carbocycles. The number of esters is 3. The molecule has 0 spiro atoms. The summed E-state index contributed by atoms with van der Waals surface area (Å²) in [6, 6.07) is 7.18. The van der Waals surface area contributed by atoms with E-state index in [0.29, 0.717) is 58.0 Å². The zero-order valence-electron chi connectivity index (χ0n) is 35.9. The Morgan fingerprint density at radius 3 is 2.19 bits per heavy atom. The predicted molar refractivity (Wildman–Crippen MR) is 213 cm³/mol. The first-order valence-electron chi connectivity index (χ1n) is 20.9. The van der Waals surface area contributed by atoms with E-state index in [2.05, 4.69) is 10.2 Å². The van der Waals surface area contributed by atoms with E-state index < -0.39 is 77.9 Å². The number of carbonyl (C=O) groups excluding carboxylic acids is 5. The van der Waals surface area contributed by atoms with Gasteiger partial charge in [0.25, 0.3) is 0 Å². The highest BCUT2D eigenvalue weighted by Crippen LogP contribution is 2.40. The van der Waals surface area contributed by atoms with Crippen molar-refractivity contribution in [1.29, 1.82) is 0 Å². The van der Waals surface area contributed by atoms with Crippen LogP contribution >= 0.6 is 0 Å². The van der Waals surface area contributed by atoms with Crippen molar-refractivity contribution in [2.45, 2.75) is 161 Å². The maximum absolute atomic E-state index is 14.2. The molecule has 2 saturated heterocycles. The van der Waals surface area contributed by atoms with Crippen LogP contribution in [0.25, 0.3) is 0 Å². The molecule has 4 atom stereocenters. The lowest BCUT2D eigenvalue weighted by molar-refractivity contribution is -0.168. The van der Waals surface area contributed by atoms with E-state index in [0.717, 1.165) is 31.2 Å². The number of rotatable bonds is 16. The predicted octanol–water partition coefficient (Wildman–Crippen LogP) is 6.29. The zero-order chi connectivity index (χ0) is 42.5. The zero-order valence-corrected chi connectivity index (χ0v) is 35.9. The molecular formula is C43H67N3O12. The minimum Gasteiger partial charge on any atom is -0.463 e. The van der Waals surface area contributed by atoms with Crippen molar-refractivity contribution >= 4 is 30.1 Å². The minimum absolute atomic E-state index is 0.0164. The summed E-state index contributed by atoms with van der Waals surface area (Å²) in [6.45, 7) is 16.4. The van der Waals surface area contributed by atoms with Gasteiger partial charge < -0.3 is 38.5 Å². The molecular weight excluding hydrogens is 750 g/mol. The second-order valence-electron chi connectivity index (χ2n) is 18.0. The summed E-state index contributed by atoms with van der Waals surface area (Å²) >= 11 is 0. The molecule has 0 bridgehead atoms. The fraction of sp³-hybridized carbons (Fsp3) is 0.744. The van der Waals surface area contributed by atoms with E-state index >= 15 is 0 Å². The van der Waals surface area contributed by atoms with Gasteiger partial charge in [0.05, 0.1) is 19.3 Å². The molecule has 0 aromatic heterocycles. The number of hydrogen-bond donors (Lipinski definition) is 1. The van der Waals surface area contributed by atoms with Crippen molar-refractivity contribution in [1.82, 2.24) is 15.1 Å². The smallest absolute Gasteiger partial charge is 0.412 e. The lowest BCUT2D eigenvalue weighted by Gasteiger charge is -2.36. The molecule has 1 N–H and O–H groups in total. The number of hydrogen-bond acceptors (Lipinski definition) is 13. The van der Waals surface area contributed by atoms with E-state index in [1.807, 2.05) is 39.0 Å². The number of morpholine rings is 1. The van der Waals surface area contributed by atoms with Gasteiger partial charge in [0.15, 0.2) is 12.1 Å². The molecule has 1 aromatic carbocycles. The van der Waals surface area contributed by atoms with Gasteiger partial charge in [-0.15, -0.1) is 0 Å². The van der Waals surface area contributed by atoms with Gasteiger partial charge in [0.1, 0.15) is 36.2 Å². The molecule has 1 aromatic rings. The van der Waals surface area contributed by atoms with Gasteiger partial charge in [-0.05, 0) is 86.1 Å². The molecule has 1 saturated carbocycles. The number of alkyl carbamates (subject to hydrolysis) is 1. The summed E-state index contributed by atoms with van der Waals surface area (Å²) in [5.74, 6) is -1.62. The first-order chi connectivity index (χ1) is 27.3. The molecule has 3 fully saturated rings. The molecule has 2 amide bonds. The van der Waals surface area contributed by atoms with Gasteiger partial charge in [-0.2, -0.15) is 0 Å². The van der Waals surface area contributed by atoms with Crippen molar-refractivity contribution in [2.24, 2.45) is 5.92 Å². The third-order valence-corrected chi connectivity index (χ3v) is 10.2. The molecule has 58 heavy (non-hydrogen) atoms. The van der Waals surface area contributed by atoms with E-state index in [9.17, 15) is 24.0 Å². The topological polar surface area (TPSA) is 168 Å². The number of ether oxygens (including phenoxy) is 7. The Kier molecular flexibility index (Phi) is 17.2. The van der Waals surface area contributed by atoms with Crippen molar-refractivity contribution in [3.63, 3.8) is 0 Å².